The van der Waals surface area contributed by atoms with Gasteiger partial charge in [-0.1, -0.05) is 69.0 Å². The second kappa shape index (κ2) is 49.6. The third kappa shape index (κ3) is 36.7. The van der Waals surface area contributed by atoms with Crippen LogP contribution in [0.4, 0.5) is 0 Å². The molecule has 3 rings (SSSR count). The molecule has 3 aliphatic rings. The number of hydrogen-bond donors (Lipinski definition) is 9. The van der Waals surface area contributed by atoms with Gasteiger partial charge in [0.2, 0.25) is 5.91 Å². The van der Waals surface area contributed by atoms with E-state index >= 15 is 0 Å². The summed E-state index contributed by atoms with van der Waals surface area (Å²) in [6.07, 6.45) is -6.43. The molecule has 40 heteroatoms. The summed E-state index contributed by atoms with van der Waals surface area (Å²) in [5, 5.41) is 83.4. The van der Waals surface area contributed by atoms with Gasteiger partial charge in [-0.05, 0) is 77.0 Å². The van der Waals surface area contributed by atoms with Crippen LogP contribution in [-0.4, -0.2) is 266 Å². The van der Waals surface area contributed by atoms with Crippen molar-refractivity contribution in [1.82, 2.24) is 5.32 Å². The lowest BCUT2D eigenvalue weighted by Gasteiger charge is -2.42. The van der Waals surface area contributed by atoms with Crippen LogP contribution in [0, 0.1) is 17.3 Å². The van der Waals surface area contributed by atoms with Crippen molar-refractivity contribution in [2.75, 3.05) is 139 Å². The van der Waals surface area contributed by atoms with Gasteiger partial charge in [-0.2, -0.15) is 0 Å². The highest BCUT2D eigenvalue weighted by molar-refractivity contribution is 8.32. The molecule has 0 aliphatic carbocycles. The van der Waals surface area contributed by atoms with Crippen LogP contribution in [0.25, 0.3) is 0 Å². The fourth-order valence-electron chi connectivity index (χ4n) is 9.78. The molecule has 3 fully saturated rings. The molecule has 1 amide bonds. The number of ether oxygens (including phenoxy) is 10. The van der Waals surface area contributed by atoms with Gasteiger partial charge in [0.25, 0.3) is 0 Å². The number of aliphatic hydroxyl groups excluding tert-OH is 8. The standard InChI is InChI=1S/C56H111NO31P4S4/c1-6-43-49(63)47(61)40(2)53(86-43)76-24-11-14-28-80-90(68,94)83-31-17-21-73-37-56(36-72-20-9-7-8-10-27-79-89(67,93)71-5,38-74-22-18-32-84-91(69,95)81-29-15-12-25-77-54-41(3)48(62)50(64)44(34-58)87-54)39-75-23-19-33-85-92(70,96)82-30-16-13-26-78-55-46(57-42(4)60)52(66)51(65)45(35-59)88-55/h40-41,43-55,58-59,61-66H,6-39H2,1-5H3,(H,57,60)(H,67,93)(H,68,94)(H,69,95)(H,70,96)/p-4/t40?,41?,43?,44?,45?,46?,47-,48-,49+,50+,51+,52-,53-,54-,55-,56?,89?,90?,91?,92?/m1/s1. The fourth-order valence-corrected chi connectivity index (χ4v) is 14.1. The van der Waals surface area contributed by atoms with Gasteiger partial charge < -0.3 is 157 Å². The SMILES string of the molecule is CCC1O[C@@H](OCCCCOP([O-])(=S)OCCCOCC(COCCCCCCOP(=O)([S-])OC)(COCCCOP([O-])(=S)OCCCCO[C@@H]2OC(CO)[C@H](O)[C@H](O)C2C)COCCCOP([O-])(=S)OCCCCO[C@@H]2OC(CO)[C@H](O)[C@H](O)C2NC(C)=O)C(C)[C@@H](O)[C@H]1O. The van der Waals surface area contributed by atoms with Crippen molar-refractivity contribution in [2.45, 2.75) is 197 Å². The number of amides is 1. The molecule has 570 valence electrons. The average Bonchev–Trinajstić information content (AvgIpc) is 0.898. The van der Waals surface area contributed by atoms with E-state index in [2.05, 4.69) is 5.32 Å². The zero-order valence-electron chi connectivity index (χ0n) is 55.6. The summed E-state index contributed by atoms with van der Waals surface area (Å²) in [5.74, 6) is -1.51. The summed E-state index contributed by atoms with van der Waals surface area (Å²) in [7, 11) is 1.22. The Balaban J connectivity index is 1.56. The van der Waals surface area contributed by atoms with Crippen LogP contribution in [0.2, 0.25) is 0 Å². The van der Waals surface area contributed by atoms with Crippen molar-refractivity contribution in [2.24, 2.45) is 17.3 Å². The first-order valence-electron chi connectivity index (χ1n) is 32.6. The lowest BCUT2D eigenvalue weighted by molar-refractivity contribution is -0.282. The van der Waals surface area contributed by atoms with Crippen LogP contribution in [0.5, 0.6) is 0 Å². The zero-order chi connectivity index (χ0) is 71.2. The molecular formula is C56H107NO31P4S4-4. The molecule has 0 bridgehead atoms. The van der Waals surface area contributed by atoms with E-state index in [1.807, 2.05) is 6.92 Å². The highest BCUT2D eigenvalue weighted by Gasteiger charge is 2.46. The predicted octanol–water partition coefficient (Wildman–Crippen LogP) is 0.844. The van der Waals surface area contributed by atoms with Gasteiger partial charge in [0, 0.05) is 72.1 Å². The molecule has 0 saturated carbocycles. The Labute approximate surface area is 585 Å². The maximum Gasteiger partial charge on any atom is 0.217 e. The van der Waals surface area contributed by atoms with E-state index in [0.717, 1.165) is 12.8 Å². The number of aliphatic hydroxyl groups is 8. The summed E-state index contributed by atoms with van der Waals surface area (Å²) < 4.78 is 113. The minimum atomic E-state index is -3.95. The molecule has 9 N–H and O–H groups in total. The first kappa shape index (κ1) is 91.1. The van der Waals surface area contributed by atoms with E-state index in [-0.39, 0.29) is 132 Å². The van der Waals surface area contributed by atoms with Gasteiger partial charge in [-0.25, -0.2) is 0 Å². The molecule has 0 spiro atoms. The summed E-state index contributed by atoms with van der Waals surface area (Å²) in [4.78, 5) is 50.9. The van der Waals surface area contributed by atoms with E-state index < -0.39 is 143 Å². The van der Waals surface area contributed by atoms with Gasteiger partial charge >= 0.3 is 0 Å². The molecule has 32 nitrogen and oxygen atoms in total. The Bertz CT molecular complexity index is 2190. The van der Waals surface area contributed by atoms with Crippen molar-refractivity contribution < 1.29 is 148 Å². The number of hydrogen-bond acceptors (Lipinski definition) is 35. The van der Waals surface area contributed by atoms with E-state index in [4.69, 9.17) is 131 Å². The Morgan fingerprint density at radius 3 is 1.15 bits per heavy atom. The third-order valence-corrected chi connectivity index (χ3v) is 22.0. The summed E-state index contributed by atoms with van der Waals surface area (Å²) in [6, 6.07) is -1.11. The van der Waals surface area contributed by atoms with Crippen LogP contribution in [-0.2, 0) is 141 Å². The number of nitrogens with one attached hydrogen (secondary N) is 1. The van der Waals surface area contributed by atoms with Crippen LogP contribution in [0.15, 0.2) is 0 Å². The molecular weight excluding hydrogens is 1430 g/mol. The topological polar surface area (TPSA) is 443 Å². The van der Waals surface area contributed by atoms with E-state index in [0.29, 0.717) is 64.4 Å². The first-order valence-corrected chi connectivity index (χ1v) is 42.8. The molecule has 96 heavy (non-hydrogen) atoms. The van der Waals surface area contributed by atoms with E-state index in [1.165, 1.54) is 14.0 Å². The lowest BCUT2D eigenvalue weighted by atomic mass is 9.91. The first-order chi connectivity index (χ1) is 45.6. The Morgan fingerprint density at radius 2 is 0.771 bits per heavy atom. The molecule has 0 aromatic heterocycles. The summed E-state index contributed by atoms with van der Waals surface area (Å²) in [5.41, 5.74) is -0.972. The molecule has 20 atom stereocenters. The van der Waals surface area contributed by atoms with Gasteiger partial charge in [0.1, 0.15) is 62.8 Å². The second-order valence-corrected chi connectivity index (χ2v) is 34.6. The van der Waals surface area contributed by atoms with E-state index in [1.54, 1.807) is 13.8 Å². The Morgan fingerprint density at radius 1 is 0.469 bits per heavy atom. The minimum absolute atomic E-state index is 0.00527. The second-order valence-electron chi connectivity index (χ2n) is 23.5. The highest BCUT2D eigenvalue weighted by atomic mass is 32.7. The van der Waals surface area contributed by atoms with Crippen molar-refractivity contribution in [3.05, 3.63) is 0 Å². The van der Waals surface area contributed by atoms with Crippen LogP contribution in [0.1, 0.15) is 118 Å². The lowest BCUT2D eigenvalue weighted by Crippen LogP contribution is -2.64. The van der Waals surface area contributed by atoms with Gasteiger partial charge in [-0.15, -0.1) is 0 Å². The number of rotatable bonds is 57. The predicted molar refractivity (Wildman–Crippen MR) is 353 cm³/mol. The average molecular weight is 1540 g/mol. The van der Waals surface area contributed by atoms with Crippen molar-refractivity contribution in [3.63, 3.8) is 0 Å². The quantitative estimate of drug-likeness (QED) is 0.0231. The van der Waals surface area contributed by atoms with Crippen LogP contribution in [0.3, 0.4) is 0 Å². The zero-order valence-corrected chi connectivity index (χ0v) is 62.4. The molecule has 0 radical (unpaired) electrons. The van der Waals surface area contributed by atoms with E-state index in [9.17, 15) is 64.9 Å². The van der Waals surface area contributed by atoms with Crippen molar-refractivity contribution in [1.29, 1.82) is 0 Å². The minimum Gasteiger partial charge on any atom is -0.780 e. The van der Waals surface area contributed by atoms with Crippen LogP contribution >= 0.6 is 27.0 Å². The summed E-state index contributed by atoms with van der Waals surface area (Å²) in [6.45, 7) is -8.81. The monoisotopic (exact) mass is 1540 g/mol. The number of carbonyl (C=O) groups is 1. The molecule has 3 aliphatic heterocycles. The van der Waals surface area contributed by atoms with Gasteiger partial charge in [0.05, 0.1) is 110 Å². The summed E-state index contributed by atoms with van der Waals surface area (Å²) >= 11 is 20.2. The molecule has 3 saturated heterocycles. The maximum absolute atomic E-state index is 13.1. The largest absolute Gasteiger partial charge is 0.780 e. The maximum atomic E-state index is 13.1. The van der Waals surface area contributed by atoms with Gasteiger partial charge in [-0.3, -0.25) is 9.36 Å². The smallest absolute Gasteiger partial charge is 0.217 e. The molecule has 11 unspecified atom stereocenters. The Hall–Kier alpha value is 0.840. The molecule has 0 aromatic carbocycles. The van der Waals surface area contributed by atoms with Gasteiger partial charge in [0.15, 0.2) is 25.7 Å². The van der Waals surface area contributed by atoms with Crippen LogP contribution < -0.4 is 20.0 Å². The molecule has 3 heterocycles. The van der Waals surface area contributed by atoms with Crippen molar-refractivity contribution in [3.8, 4) is 0 Å². The number of unbranched alkanes of at least 4 members (excludes halogenated alkanes) is 6. The fraction of sp³-hybridized carbons (Fsp3) is 0.982. The highest BCUT2D eigenvalue weighted by Crippen LogP contribution is 2.45. The molecule has 0 aromatic rings. The number of carbonyl (C=O) groups excluding carboxylic acids is 1. The van der Waals surface area contributed by atoms with Crippen molar-refractivity contribution >= 4 is 80.5 Å². The Kier molecular flexibility index (Phi) is 47.0. The third-order valence-electron chi connectivity index (χ3n) is 15.4. The normalized spacial score (nSPS) is 29.7.